The number of likely N-dealkylation sites (tertiary alicyclic amines) is 1. The van der Waals surface area contributed by atoms with E-state index in [0.29, 0.717) is 58.0 Å². The number of aromatic nitrogens is 1. The molecule has 2 aromatic rings. The summed E-state index contributed by atoms with van der Waals surface area (Å²) in [5.74, 6) is -2.68. The van der Waals surface area contributed by atoms with E-state index in [4.69, 9.17) is 11.5 Å². The normalized spacial score (nSPS) is 18.4. The topological polar surface area (TPSA) is 184 Å². The second-order valence-corrected chi connectivity index (χ2v) is 10.4. The van der Waals surface area contributed by atoms with E-state index in [-0.39, 0.29) is 11.8 Å². The van der Waals surface area contributed by atoms with Gasteiger partial charge >= 0.3 is 5.97 Å². The summed E-state index contributed by atoms with van der Waals surface area (Å²) >= 11 is 0. The predicted octanol–water partition coefficient (Wildman–Crippen LogP) is 1.26. The highest BCUT2D eigenvalue weighted by atomic mass is 16.4. The molecule has 1 aromatic heterocycles. The lowest BCUT2D eigenvalue weighted by Gasteiger charge is -2.30. The third-order valence-electron chi connectivity index (χ3n) is 7.63. The van der Waals surface area contributed by atoms with Gasteiger partial charge in [0.1, 0.15) is 18.1 Å². The highest BCUT2D eigenvalue weighted by molar-refractivity contribution is 5.95. The van der Waals surface area contributed by atoms with Gasteiger partial charge in [0.2, 0.25) is 17.7 Å². The molecule has 1 aromatic carbocycles. The highest BCUT2D eigenvalue weighted by Crippen LogP contribution is 2.22. The first-order chi connectivity index (χ1) is 18.7. The lowest BCUT2D eigenvalue weighted by molar-refractivity contribution is -0.146. The molecule has 3 rings (SSSR count). The number of hydrogen-bond acceptors (Lipinski definition) is 6. The maximum Gasteiger partial charge on any atom is 0.326 e. The van der Waals surface area contributed by atoms with E-state index in [1.165, 1.54) is 4.90 Å². The van der Waals surface area contributed by atoms with Crippen molar-refractivity contribution in [2.45, 2.75) is 83.0 Å². The summed E-state index contributed by atoms with van der Waals surface area (Å²) in [5.41, 5.74) is 13.8. The monoisotopic (exact) mass is 542 g/mol. The number of rotatable bonds is 14. The molecule has 1 fully saturated rings. The minimum atomic E-state index is -1.11. The Morgan fingerprint density at radius 1 is 1.18 bits per heavy atom. The highest BCUT2D eigenvalue weighted by Gasteiger charge is 2.39. The van der Waals surface area contributed by atoms with Crippen LogP contribution in [0.4, 0.5) is 0 Å². The van der Waals surface area contributed by atoms with Gasteiger partial charge in [-0.2, -0.15) is 0 Å². The van der Waals surface area contributed by atoms with Crippen LogP contribution in [0.25, 0.3) is 10.9 Å². The minimum absolute atomic E-state index is 0.265. The molecule has 0 saturated carbocycles. The van der Waals surface area contributed by atoms with E-state index in [9.17, 15) is 24.3 Å². The molecular weight excluding hydrogens is 500 g/mol. The van der Waals surface area contributed by atoms with Crippen LogP contribution in [0, 0.1) is 5.92 Å². The Morgan fingerprint density at radius 3 is 2.62 bits per heavy atom. The average molecular weight is 543 g/mol. The van der Waals surface area contributed by atoms with Crippen LogP contribution in [-0.2, 0) is 25.6 Å². The second-order valence-electron chi connectivity index (χ2n) is 10.4. The van der Waals surface area contributed by atoms with Gasteiger partial charge < -0.3 is 37.1 Å². The van der Waals surface area contributed by atoms with Crippen molar-refractivity contribution >= 4 is 34.6 Å². The van der Waals surface area contributed by atoms with Crippen molar-refractivity contribution < 1.29 is 24.3 Å². The van der Waals surface area contributed by atoms with Crippen molar-refractivity contribution in [3.63, 3.8) is 0 Å². The third kappa shape index (κ3) is 7.57. The van der Waals surface area contributed by atoms with Crippen LogP contribution in [0.5, 0.6) is 0 Å². The van der Waals surface area contributed by atoms with Crippen LogP contribution in [0.1, 0.15) is 57.9 Å². The quantitative estimate of drug-likeness (QED) is 0.194. The predicted molar refractivity (Wildman–Crippen MR) is 149 cm³/mol. The molecule has 1 aliphatic heterocycles. The second kappa shape index (κ2) is 14.1. The number of fused-ring (bicyclic) bond motifs is 1. The molecule has 1 aliphatic rings. The summed E-state index contributed by atoms with van der Waals surface area (Å²) in [4.78, 5) is 56.2. The van der Waals surface area contributed by atoms with E-state index in [2.05, 4.69) is 15.6 Å². The summed E-state index contributed by atoms with van der Waals surface area (Å²) in [7, 11) is 0. The first kappa shape index (κ1) is 30.1. The zero-order valence-corrected chi connectivity index (χ0v) is 22.8. The molecule has 214 valence electrons. The number of nitrogens with zero attached hydrogens (tertiary/aromatic N) is 1. The van der Waals surface area contributed by atoms with E-state index < -0.39 is 42.0 Å². The molecule has 5 atom stereocenters. The Labute approximate surface area is 229 Å². The van der Waals surface area contributed by atoms with Crippen molar-refractivity contribution in [3.05, 3.63) is 36.0 Å². The molecule has 11 nitrogen and oxygen atoms in total. The zero-order valence-electron chi connectivity index (χ0n) is 22.8. The number of H-pyrrole nitrogens is 1. The lowest BCUT2D eigenvalue weighted by Crippen LogP contribution is -2.57. The molecule has 8 N–H and O–H groups in total. The number of benzene rings is 1. The van der Waals surface area contributed by atoms with Crippen molar-refractivity contribution in [2.24, 2.45) is 17.4 Å². The molecule has 3 amide bonds. The van der Waals surface area contributed by atoms with Crippen LogP contribution in [0.3, 0.4) is 0 Å². The Kier molecular flexibility index (Phi) is 10.9. The fourth-order valence-electron chi connectivity index (χ4n) is 5.09. The summed E-state index contributed by atoms with van der Waals surface area (Å²) in [6, 6.07) is 4.17. The van der Waals surface area contributed by atoms with E-state index in [1.54, 1.807) is 6.92 Å². The van der Waals surface area contributed by atoms with Crippen molar-refractivity contribution in [1.82, 2.24) is 20.5 Å². The molecule has 2 heterocycles. The number of carbonyl (C=O) groups is 4. The first-order valence-electron chi connectivity index (χ1n) is 13.8. The van der Waals surface area contributed by atoms with E-state index in [1.807, 2.05) is 37.4 Å². The third-order valence-corrected chi connectivity index (χ3v) is 7.63. The Bertz CT molecular complexity index is 1150. The first-order valence-corrected chi connectivity index (χ1v) is 13.8. The SMILES string of the molecule is CCC(C)C(NC(=O)C1CCCN1C(=O)C(CCCCN)NC(=O)C(N)Cc1c[nH]c2ccccc12)C(=O)O. The van der Waals surface area contributed by atoms with Gasteiger partial charge in [-0.15, -0.1) is 0 Å². The fourth-order valence-corrected chi connectivity index (χ4v) is 5.09. The number of para-hydroxylation sites is 1. The summed E-state index contributed by atoms with van der Waals surface area (Å²) < 4.78 is 0. The van der Waals surface area contributed by atoms with Crippen LogP contribution in [0.15, 0.2) is 30.5 Å². The van der Waals surface area contributed by atoms with Gasteiger partial charge in [0.15, 0.2) is 0 Å². The number of nitrogens with two attached hydrogens (primary N) is 2. The van der Waals surface area contributed by atoms with Crippen molar-refractivity contribution in [1.29, 1.82) is 0 Å². The molecule has 1 saturated heterocycles. The van der Waals surface area contributed by atoms with E-state index >= 15 is 0 Å². The number of carboxylic acid groups (broad SMARTS) is 1. The number of carbonyl (C=O) groups excluding carboxylic acids is 3. The number of unbranched alkanes of at least 4 members (excludes halogenated alkanes) is 1. The molecule has 0 radical (unpaired) electrons. The number of aromatic amines is 1. The maximum atomic E-state index is 13.7. The van der Waals surface area contributed by atoms with Crippen LogP contribution < -0.4 is 22.1 Å². The van der Waals surface area contributed by atoms with Crippen molar-refractivity contribution in [2.75, 3.05) is 13.1 Å². The molecule has 39 heavy (non-hydrogen) atoms. The summed E-state index contributed by atoms with van der Waals surface area (Å²) in [6.45, 7) is 4.42. The zero-order chi connectivity index (χ0) is 28.5. The van der Waals surface area contributed by atoms with Gasteiger partial charge in [-0.3, -0.25) is 14.4 Å². The van der Waals surface area contributed by atoms with Gasteiger partial charge in [0, 0.05) is 23.6 Å². The molecule has 0 bridgehead atoms. The van der Waals surface area contributed by atoms with Gasteiger partial charge in [-0.1, -0.05) is 38.5 Å². The fraction of sp³-hybridized carbons (Fsp3) is 0.571. The lowest BCUT2D eigenvalue weighted by atomic mass is 9.98. The van der Waals surface area contributed by atoms with Crippen molar-refractivity contribution in [3.8, 4) is 0 Å². The van der Waals surface area contributed by atoms with E-state index in [0.717, 1.165) is 16.5 Å². The van der Waals surface area contributed by atoms with Gasteiger partial charge in [0.25, 0.3) is 0 Å². The molecular formula is C28H42N6O5. The average Bonchev–Trinajstić information content (AvgIpc) is 3.58. The maximum absolute atomic E-state index is 13.7. The van der Waals surface area contributed by atoms with Gasteiger partial charge in [-0.05, 0) is 62.6 Å². The number of nitrogens with one attached hydrogen (secondary N) is 3. The van der Waals surface area contributed by atoms with Gasteiger partial charge in [0.05, 0.1) is 6.04 Å². The molecule has 5 unspecified atom stereocenters. The largest absolute Gasteiger partial charge is 0.480 e. The number of aliphatic carboxylic acids is 1. The Morgan fingerprint density at radius 2 is 1.92 bits per heavy atom. The summed E-state index contributed by atoms with van der Waals surface area (Å²) in [6.07, 6.45) is 5.39. The summed E-state index contributed by atoms with van der Waals surface area (Å²) in [5, 5.41) is 16.0. The van der Waals surface area contributed by atoms with Crippen LogP contribution >= 0.6 is 0 Å². The minimum Gasteiger partial charge on any atom is -0.480 e. The standard InChI is InChI=1S/C28H42N6O5/c1-3-17(2)24(28(38)39)33-26(36)23-12-8-14-34(23)27(37)22(11-6-7-13-29)32-25(35)20(30)15-18-16-31-21-10-5-4-9-19(18)21/h4-5,9-10,16-17,20,22-24,31H,3,6-8,11-15,29-30H2,1-2H3,(H,32,35)(H,33,36)(H,38,39). The Hall–Kier alpha value is -3.44. The van der Waals surface area contributed by atoms with Crippen LogP contribution in [-0.4, -0.2) is 75.9 Å². The molecule has 0 aliphatic carbocycles. The van der Waals surface area contributed by atoms with Gasteiger partial charge in [-0.25, -0.2) is 4.79 Å². The Balaban J connectivity index is 1.70. The molecule has 0 spiro atoms. The van der Waals surface area contributed by atoms with Crippen LogP contribution in [0.2, 0.25) is 0 Å². The molecule has 11 heteroatoms. The number of carboxylic acids is 1. The number of hydrogen-bond donors (Lipinski definition) is 6. The number of amides is 3. The smallest absolute Gasteiger partial charge is 0.326 e.